The Hall–Kier alpha value is -0.820. The van der Waals surface area contributed by atoms with Crippen molar-refractivity contribution in [3.8, 4) is 0 Å². The summed E-state index contributed by atoms with van der Waals surface area (Å²) in [7, 11) is 0. The molecule has 1 aromatic carbocycles. The number of likely N-dealkylation sites (N-methyl/N-ethyl adjacent to an activating group) is 1. The van der Waals surface area contributed by atoms with E-state index in [4.69, 9.17) is 0 Å². The normalized spacial score (nSPS) is 13.7. The molecule has 0 spiro atoms. The molecule has 1 heteroatoms. The predicted molar refractivity (Wildman–Crippen MR) is 81.3 cm³/mol. The van der Waals surface area contributed by atoms with Crippen molar-refractivity contribution in [1.29, 1.82) is 0 Å². The number of rotatable bonds is 4. The summed E-state index contributed by atoms with van der Waals surface area (Å²) in [5, 5.41) is 3.64. The summed E-state index contributed by atoms with van der Waals surface area (Å²) in [6.45, 7) is 16.8. The Bertz CT molecular complexity index is 376. The van der Waals surface area contributed by atoms with Crippen molar-refractivity contribution in [3.05, 3.63) is 34.4 Å². The van der Waals surface area contributed by atoms with Crippen molar-refractivity contribution >= 4 is 0 Å². The van der Waals surface area contributed by atoms with Gasteiger partial charge in [-0.05, 0) is 55.8 Å². The Labute approximate surface area is 113 Å². The van der Waals surface area contributed by atoms with Crippen LogP contribution >= 0.6 is 0 Å². The largest absolute Gasteiger partial charge is 0.313 e. The fourth-order valence-corrected chi connectivity index (χ4v) is 2.67. The molecule has 0 saturated heterocycles. The first-order valence-electron chi connectivity index (χ1n) is 7.05. The van der Waals surface area contributed by atoms with E-state index in [9.17, 15) is 0 Å². The molecule has 102 valence electrons. The SMILES string of the molecule is CCNC(Cc1c(C)cc(C)cc1C)C(C)(C)C. The van der Waals surface area contributed by atoms with Crippen LogP contribution in [0.5, 0.6) is 0 Å². The van der Waals surface area contributed by atoms with Crippen molar-refractivity contribution in [1.82, 2.24) is 5.32 Å². The van der Waals surface area contributed by atoms with Crippen molar-refractivity contribution in [2.45, 2.75) is 60.9 Å². The highest BCUT2D eigenvalue weighted by Crippen LogP contribution is 2.26. The molecule has 1 N–H and O–H groups in total. The number of aryl methyl sites for hydroxylation is 3. The first-order chi connectivity index (χ1) is 8.25. The van der Waals surface area contributed by atoms with Gasteiger partial charge in [-0.15, -0.1) is 0 Å². The second-order valence-electron chi connectivity index (χ2n) is 6.56. The fraction of sp³-hybridized carbons (Fsp3) is 0.647. The second kappa shape index (κ2) is 5.88. The van der Waals surface area contributed by atoms with Crippen LogP contribution in [0, 0.1) is 26.2 Å². The number of benzene rings is 1. The highest BCUT2D eigenvalue weighted by Gasteiger charge is 2.24. The van der Waals surface area contributed by atoms with E-state index < -0.39 is 0 Å². The lowest BCUT2D eigenvalue weighted by molar-refractivity contribution is 0.269. The average molecular weight is 247 g/mol. The highest BCUT2D eigenvalue weighted by molar-refractivity contribution is 5.38. The summed E-state index contributed by atoms with van der Waals surface area (Å²) >= 11 is 0. The smallest absolute Gasteiger partial charge is 0.0156 e. The Kier molecular flexibility index (Phi) is 4.98. The summed E-state index contributed by atoms with van der Waals surface area (Å²) in [5.41, 5.74) is 6.03. The van der Waals surface area contributed by atoms with Crippen LogP contribution in [0.15, 0.2) is 12.1 Å². The monoisotopic (exact) mass is 247 g/mol. The van der Waals surface area contributed by atoms with Crippen LogP contribution in [0.4, 0.5) is 0 Å². The molecule has 1 atom stereocenters. The highest BCUT2D eigenvalue weighted by atomic mass is 14.9. The molecule has 18 heavy (non-hydrogen) atoms. The van der Waals surface area contributed by atoms with Gasteiger partial charge in [0.15, 0.2) is 0 Å². The van der Waals surface area contributed by atoms with Crippen molar-refractivity contribution in [2.75, 3.05) is 6.54 Å². The first-order valence-corrected chi connectivity index (χ1v) is 7.05. The van der Waals surface area contributed by atoms with E-state index in [1.807, 2.05) is 0 Å². The lowest BCUT2D eigenvalue weighted by atomic mass is 9.81. The summed E-state index contributed by atoms with van der Waals surface area (Å²) in [4.78, 5) is 0. The van der Waals surface area contributed by atoms with Crippen LogP contribution in [-0.4, -0.2) is 12.6 Å². The number of hydrogen-bond acceptors (Lipinski definition) is 1. The van der Waals surface area contributed by atoms with Gasteiger partial charge in [-0.1, -0.05) is 45.4 Å². The van der Waals surface area contributed by atoms with E-state index in [-0.39, 0.29) is 0 Å². The third-order valence-corrected chi connectivity index (χ3v) is 3.74. The molecule has 0 aliphatic carbocycles. The second-order valence-corrected chi connectivity index (χ2v) is 6.56. The summed E-state index contributed by atoms with van der Waals surface area (Å²) in [6.07, 6.45) is 1.12. The summed E-state index contributed by atoms with van der Waals surface area (Å²) in [5.74, 6) is 0. The molecule has 0 aromatic heterocycles. The number of nitrogens with one attached hydrogen (secondary N) is 1. The standard InChI is InChI=1S/C17H29N/c1-8-18-16(17(5,6)7)11-15-13(3)9-12(2)10-14(15)4/h9-10,16,18H,8,11H2,1-7H3. The third-order valence-electron chi connectivity index (χ3n) is 3.74. The molecular weight excluding hydrogens is 218 g/mol. The van der Waals surface area contributed by atoms with Gasteiger partial charge >= 0.3 is 0 Å². The van der Waals surface area contributed by atoms with Gasteiger partial charge < -0.3 is 5.32 Å². The first kappa shape index (κ1) is 15.2. The fourth-order valence-electron chi connectivity index (χ4n) is 2.67. The minimum absolute atomic E-state index is 0.291. The Morgan fingerprint density at radius 2 is 1.56 bits per heavy atom. The van der Waals surface area contributed by atoms with Crippen molar-refractivity contribution in [2.24, 2.45) is 5.41 Å². The molecule has 1 rings (SSSR count). The van der Waals surface area contributed by atoms with Gasteiger partial charge in [0.25, 0.3) is 0 Å². The van der Waals surface area contributed by atoms with E-state index in [2.05, 4.69) is 65.9 Å². The van der Waals surface area contributed by atoms with Crippen LogP contribution < -0.4 is 5.32 Å². The zero-order valence-corrected chi connectivity index (χ0v) is 13.1. The summed E-state index contributed by atoms with van der Waals surface area (Å²) < 4.78 is 0. The quantitative estimate of drug-likeness (QED) is 0.841. The van der Waals surface area contributed by atoms with Crippen LogP contribution in [0.2, 0.25) is 0 Å². The van der Waals surface area contributed by atoms with Gasteiger partial charge in [0.1, 0.15) is 0 Å². The van der Waals surface area contributed by atoms with Crippen LogP contribution in [0.25, 0.3) is 0 Å². The van der Waals surface area contributed by atoms with Gasteiger partial charge in [-0.3, -0.25) is 0 Å². The minimum Gasteiger partial charge on any atom is -0.313 e. The molecular formula is C17H29N. The maximum Gasteiger partial charge on any atom is 0.0156 e. The maximum absolute atomic E-state index is 3.64. The lowest BCUT2D eigenvalue weighted by Gasteiger charge is -2.32. The Morgan fingerprint density at radius 3 is 1.94 bits per heavy atom. The predicted octanol–water partition coefficient (Wildman–Crippen LogP) is 4.18. The zero-order valence-electron chi connectivity index (χ0n) is 13.1. The van der Waals surface area contributed by atoms with Gasteiger partial charge in [0, 0.05) is 6.04 Å². The van der Waals surface area contributed by atoms with Crippen molar-refractivity contribution < 1.29 is 0 Å². The molecule has 1 unspecified atom stereocenters. The van der Waals surface area contributed by atoms with E-state index in [0.29, 0.717) is 11.5 Å². The molecule has 0 heterocycles. The Morgan fingerprint density at radius 1 is 1.06 bits per heavy atom. The molecule has 0 amide bonds. The third kappa shape index (κ3) is 3.84. The van der Waals surface area contributed by atoms with Crippen molar-refractivity contribution in [3.63, 3.8) is 0 Å². The maximum atomic E-state index is 3.64. The molecule has 0 radical (unpaired) electrons. The van der Waals surface area contributed by atoms with E-state index >= 15 is 0 Å². The molecule has 0 aliphatic rings. The van der Waals surface area contributed by atoms with E-state index in [1.165, 1.54) is 22.3 Å². The summed E-state index contributed by atoms with van der Waals surface area (Å²) in [6, 6.07) is 5.13. The molecule has 1 aromatic rings. The van der Waals surface area contributed by atoms with Gasteiger partial charge in [0.2, 0.25) is 0 Å². The number of hydrogen-bond donors (Lipinski definition) is 1. The zero-order chi connectivity index (χ0) is 13.9. The molecule has 0 aliphatic heterocycles. The lowest BCUT2D eigenvalue weighted by Crippen LogP contribution is -2.42. The molecule has 0 saturated carbocycles. The molecule has 1 nitrogen and oxygen atoms in total. The molecule has 0 fully saturated rings. The average Bonchev–Trinajstić information content (AvgIpc) is 2.19. The van der Waals surface area contributed by atoms with E-state index in [1.54, 1.807) is 0 Å². The van der Waals surface area contributed by atoms with Crippen LogP contribution in [0.1, 0.15) is 49.9 Å². The van der Waals surface area contributed by atoms with Gasteiger partial charge in [0.05, 0.1) is 0 Å². The van der Waals surface area contributed by atoms with Crippen LogP contribution in [0.3, 0.4) is 0 Å². The minimum atomic E-state index is 0.291. The van der Waals surface area contributed by atoms with E-state index in [0.717, 1.165) is 13.0 Å². The Balaban J connectivity index is 3.01. The van der Waals surface area contributed by atoms with Gasteiger partial charge in [-0.2, -0.15) is 0 Å². The van der Waals surface area contributed by atoms with Crippen LogP contribution in [-0.2, 0) is 6.42 Å². The topological polar surface area (TPSA) is 12.0 Å². The van der Waals surface area contributed by atoms with Gasteiger partial charge in [-0.25, -0.2) is 0 Å². The molecule has 0 bridgehead atoms.